The first kappa shape index (κ1) is 28.4. The minimum atomic E-state index is -4.64. The summed E-state index contributed by atoms with van der Waals surface area (Å²) in [5.74, 6) is -4.21. The van der Waals surface area contributed by atoms with Crippen LogP contribution in [0.2, 0.25) is 0 Å². The first-order valence-electron chi connectivity index (χ1n) is 9.05. The van der Waals surface area contributed by atoms with Crippen molar-refractivity contribution in [3.05, 3.63) is 69.7 Å². The van der Waals surface area contributed by atoms with Crippen LogP contribution in [0.25, 0.3) is 11.3 Å². The van der Waals surface area contributed by atoms with Crippen LogP contribution in [-0.4, -0.2) is 25.6 Å². The van der Waals surface area contributed by atoms with E-state index in [2.05, 4.69) is 20.9 Å². The average molecular weight is 589 g/mol. The van der Waals surface area contributed by atoms with Crippen molar-refractivity contribution in [1.82, 2.24) is 4.98 Å². The zero-order chi connectivity index (χ0) is 26.7. The fraction of sp³-hybridized carbons (Fsp3) is 0.158. The normalized spacial score (nSPS) is 12.5. The number of nitrogens with two attached hydrogens (primary N) is 1. The highest BCUT2D eigenvalue weighted by molar-refractivity contribution is 9.10. The predicted octanol–water partition coefficient (Wildman–Crippen LogP) is 4.71. The van der Waals surface area contributed by atoms with Crippen LogP contribution in [0.1, 0.15) is 34.8 Å². The number of carbonyl (C=O) groups excluding carboxylic acids is 1. The van der Waals surface area contributed by atoms with Gasteiger partial charge in [0, 0.05) is 5.56 Å². The molecule has 1 atom stereocenters. The van der Waals surface area contributed by atoms with Gasteiger partial charge in [0.2, 0.25) is 5.89 Å². The minimum absolute atomic E-state index is 0.0406. The van der Waals surface area contributed by atoms with Crippen LogP contribution < -0.4 is 10.5 Å². The van der Waals surface area contributed by atoms with Crippen molar-refractivity contribution >= 4 is 29.7 Å². The van der Waals surface area contributed by atoms with Crippen LogP contribution in [-0.2, 0) is 10.7 Å². The number of primary amides is 1. The standard InChI is InChI=1S/C19H12BrF5N2O3.H3O4P/c1-8(29-12-7-6-11(21)13(14(12)22)17(26)28)18-27-15(16(20)30-18)9-2-4-10(5-3-9)19(23,24)25;1-5(2,3)4/h2-8H,1H3,(H2,26,28);(H3,1,2,3,4). The van der Waals surface area contributed by atoms with E-state index in [1.54, 1.807) is 0 Å². The second-order valence-electron chi connectivity index (χ2n) is 6.62. The van der Waals surface area contributed by atoms with Gasteiger partial charge in [0.15, 0.2) is 22.3 Å². The third kappa shape index (κ3) is 7.83. The summed E-state index contributed by atoms with van der Waals surface area (Å²) in [5, 5.41) is 0. The van der Waals surface area contributed by atoms with Gasteiger partial charge < -0.3 is 29.6 Å². The molecule has 0 aliphatic heterocycles. The third-order valence-corrected chi connectivity index (χ3v) is 4.58. The summed E-state index contributed by atoms with van der Waals surface area (Å²) in [6, 6.07) is 6.04. The number of aromatic nitrogens is 1. The Balaban J connectivity index is 0.000000784. The molecule has 0 radical (unpaired) electrons. The topological polar surface area (TPSA) is 156 Å². The summed E-state index contributed by atoms with van der Waals surface area (Å²) < 4.78 is 85.8. The molecule has 1 aromatic heterocycles. The van der Waals surface area contributed by atoms with Crippen molar-refractivity contribution in [3.8, 4) is 17.0 Å². The maximum absolute atomic E-state index is 14.3. The molecule has 2 aromatic carbocycles. The highest BCUT2D eigenvalue weighted by Crippen LogP contribution is 2.35. The molecule has 0 bridgehead atoms. The highest BCUT2D eigenvalue weighted by atomic mass is 79.9. The number of alkyl halides is 3. The lowest BCUT2D eigenvalue weighted by molar-refractivity contribution is -0.137. The Hall–Kier alpha value is -2.84. The van der Waals surface area contributed by atoms with Gasteiger partial charge in [0.05, 0.1) is 5.56 Å². The first-order chi connectivity index (χ1) is 16.0. The van der Waals surface area contributed by atoms with E-state index in [-0.39, 0.29) is 16.3 Å². The number of phosphoric acid groups is 1. The molecular formula is C19H15BrF5N2O7P. The van der Waals surface area contributed by atoms with Crippen LogP contribution in [0, 0.1) is 11.6 Å². The van der Waals surface area contributed by atoms with E-state index in [1.165, 1.54) is 19.1 Å². The van der Waals surface area contributed by atoms with E-state index >= 15 is 0 Å². The fourth-order valence-electron chi connectivity index (χ4n) is 2.58. The van der Waals surface area contributed by atoms with Gasteiger partial charge in [-0.3, -0.25) is 4.79 Å². The number of nitrogens with zero attached hydrogens (tertiary/aromatic N) is 1. The second kappa shape index (κ2) is 10.8. The molecule has 16 heteroatoms. The molecule has 0 aliphatic rings. The maximum Gasteiger partial charge on any atom is 0.466 e. The molecule has 0 saturated carbocycles. The van der Waals surface area contributed by atoms with Crippen molar-refractivity contribution < 1.29 is 55.1 Å². The zero-order valence-corrected chi connectivity index (χ0v) is 19.7. The van der Waals surface area contributed by atoms with E-state index in [1.807, 2.05) is 0 Å². The molecule has 0 saturated heterocycles. The second-order valence-corrected chi connectivity index (χ2v) is 8.37. The molecule has 190 valence electrons. The smallest absolute Gasteiger partial charge is 0.466 e. The van der Waals surface area contributed by atoms with E-state index < -0.39 is 54.5 Å². The number of hydrogen-bond donors (Lipinski definition) is 4. The summed E-state index contributed by atoms with van der Waals surface area (Å²) in [7, 11) is -4.64. The molecule has 0 aliphatic carbocycles. The average Bonchev–Trinajstić information content (AvgIpc) is 3.10. The molecule has 3 rings (SSSR count). The SMILES string of the molecule is CC(Oc1ccc(F)c(C(N)=O)c1F)c1nc(-c2ccc(C(F)(F)F)cc2)c(Br)o1.O=P(O)(O)O. The maximum atomic E-state index is 14.3. The van der Waals surface area contributed by atoms with E-state index in [0.717, 1.165) is 24.3 Å². The summed E-state index contributed by atoms with van der Waals surface area (Å²) in [6.07, 6.45) is -5.47. The molecule has 9 nitrogen and oxygen atoms in total. The van der Waals surface area contributed by atoms with Crippen LogP contribution in [0.15, 0.2) is 45.5 Å². The molecule has 5 N–H and O–H groups in total. The lowest BCUT2D eigenvalue weighted by atomic mass is 10.1. The number of rotatable bonds is 5. The fourth-order valence-corrected chi connectivity index (χ4v) is 3.06. The highest BCUT2D eigenvalue weighted by Gasteiger charge is 2.30. The molecule has 0 fully saturated rings. The molecule has 1 unspecified atom stereocenters. The van der Waals surface area contributed by atoms with Gasteiger partial charge in [0.1, 0.15) is 17.1 Å². The van der Waals surface area contributed by atoms with Gasteiger partial charge in [-0.05, 0) is 47.1 Å². The predicted molar refractivity (Wildman–Crippen MR) is 113 cm³/mol. The third-order valence-electron chi connectivity index (χ3n) is 4.04. The lowest BCUT2D eigenvalue weighted by Gasteiger charge is -2.13. The Bertz CT molecular complexity index is 1250. The van der Waals surface area contributed by atoms with Crippen molar-refractivity contribution in [1.29, 1.82) is 0 Å². The zero-order valence-electron chi connectivity index (χ0n) is 17.3. The Kier molecular flexibility index (Phi) is 8.79. The molecule has 1 amide bonds. The van der Waals surface area contributed by atoms with Gasteiger partial charge >= 0.3 is 14.0 Å². The molecular weight excluding hydrogens is 574 g/mol. The van der Waals surface area contributed by atoms with Crippen molar-refractivity contribution in [2.45, 2.75) is 19.2 Å². The summed E-state index contributed by atoms with van der Waals surface area (Å²) in [5.41, 5.74) is 3.74. The quantitative estimate of drug-likeness (QED) is 0.246. The largest absolute Gasteiger partial charge is 0.478 e. The number of hydrogen-bond acceptors (Lipinski definition) is 5. The Morgan fingerprint density at radius 3 is 2.17 bits per heavy atom. The van der Waals surface area contributed by atoms with Crippen LogP contribution >= 0.6 is 23.8 Å². The number of ether oxygens (including phenoxy) is 1. The van der Waals surface area contributed by atoms with Crippen LogP contribution in [0.3, 0.4) is 0 Å². The number of halogens is 6. The first-order valence-corrected chi connectivity index (χ1v) is 11.4. The van der Waals surface area contributed by atoms with Gasteiger partial charge in [0.25, 0.3) is 5.91 Å². The Morgan fingerprint density at radius 2 is 1.69 bits per heavy atom. The van der Waals surface area contributed by atoms with Crippen LogP contribution in [0.5, 0.6) is 5.75 Å². The summed E-state index contributed by atoms with van der Waals surface area (Å²) in [4.78, 5) is 36.9. The molecule has 1 heterocycles. The van der Waals surface area contributed by atoms with Crippen molar-refractivity contribution in [2.75, 3.05) is 0 Å². The summed E-state index contributed by atoms with van der Waals surface area (Å²) in [6.45, 7) is 1.45. The van der Waals surface area contributed by atoms with Gasteiger partial charge in [-0.15, -0.1) is 0 Å². The van der Waals surface area contributed by atoms with Crippen LogP contribution in [0.4, 0.5) is 22.0 Å². The minimum Gasteiger partial charge on any atom is -0.478 e. The number of benzene rings is 2. The van der Waals surface area contributed by atoms with E-state index in [0.29, 0.717) is 5.56 Å². The van der Waals surface area contributed by atoms with Gasteiger partial charge in [-0.2, -0.15) is 13.2 Å². The monoisotopic (exact) mass is 588 g/mol. The molecule has 0 spiro atoms. The van der Waals surface area contributed by atoms with Gasteiger partial charge in [-0.1, -0.05) is 12.1 Å². The summed E-state index contributed by atoms with van der Waals surface area (Å²) >= 11 is 3.13. The number of amides is 1. The number of oxazole rings is 1. The van der Waals surface area contributed by atoms with Crippen molar-refractivity contribution in [2.24, 2.45) is 5.73 Å². The Labute approximate surface area is 201 Å². The van der Waals surface area contributed by atoms with Gasteiger partial charge in [-0.25, -0.2) is 18.3 Å². The molecule has 3 aromatic rings. The Morgan fingerprint density at radius 1 is 1.14 bits per heavy atom. The van der Waals surface area contributed by atoms with E-state index in [4.69, 9.17) is 34.1 Å². The molecule has 35 heavy (non-hydrogen) atoms. The van der Waals surface area contributed by atoms with E-state index in [9.17, 15) is 26.7 Å². The number of carbonyl (C=O) groups is 1. The van der Waals surface area contributed by atoms with Crippen molar-refractivity contribution in [3.63, 3.8) is 0 Å². The lowest BCUT2D eigenvalue weighted by Crippen LogP contribution is -2.16.